The van der Waals surface area contributed by atoms with Crippen LogP contribution in [-0.4, -0.2) is 50.0 Å². The Labute approximate surface area is 124 Å². The number of hydrogen-bond acceptors (Lipinski definition) is 4. The Bertz CT molecular complexity index is 647. The first-order valence-electron chi connectivity index (χ1n) is 6.89. The number of aromatic carboxylic acids is 1. The van der Waals surface area contributed by atoms with Crippen molar-refractivity contribution in [3.63, 3.8) is 0 Å². The van der Waals surface area contributed by atoms with Gasteiger partial charge in [-0.25, -0.2) is 13.2 Å². The van der Waals surface area contributed by atoms with Crippen molar-refractivity contribution in [1.82, 2.24) is 9.62 Å². The predicted octanol–water partition coefficient (Wildman–Crippen LogP) is 0.986. The Hall–Kier alpha value is -1.44. The van der Waals surface area contributed by atoms with E-state index >= 15 is 0 Å². The third kappa shape index (κ3) is 3.25. The van der Waals surface area contributed by atoms with Crippen molar-refractivity contribution in [3.05, 3.63) is 28.8 Å². The number of carbonyl (C=O) groups is 1. The molecule has 2 rings (SSSR count). The Balaban J connectivity index is 2.50. The zero-order valence-electron chi connectivity index (χ0n) is 12.2. The van der Waals surface area contributed by atoms with Crippen molar-refractivity contribution >= 4 is 16.0 Å². The number of nitrogens with zero attached hydrogens (tertiary/aromatic N) is 1. The first-order chi connectivity index (χ1) is 9.84. The lowest BCUT2D eigenvalue weighted by Crippen LogP contribution is -2.34. The van der Waals surface area contributed by atoms with E-state index in [9.17, 15) is 13.2 Å². The number of aryl methyl sites for hydroxylation is 1. The fourth-order valence-electron chi connectivity index (χ4n) is 2.42. The zero-order valence-corrected chi connectivity index (χ0v) is 13.0. The molecule has 0 amide bonds. The summed E-state index contributed by atoms with van der Waals surface area (Å²) in [5.41, 5.74) is 1.28. The van der Waals surface area contributed by atoms with Crippen LogP contribution >= 0.6 is 0 Å². The summed E-state index contributed by atoms with van der Waals surface area (Å²) in [7, 11) is -3.66. The molecular formula is C14H20N2O4S. The van der Waals surface area contributed by atoms with Gasteiger partial charge in [0.15, 0.2) is 0 Å². The van der Waals surface area contributed by atoms with Gasteiger partial charge in [0.05, 0.1) is 10.5 Å². The number of hydrogen-bond donors (Lipinski definition) is 2. The molecule has 0 spiro atoms. The lowest BCUT2D eigenvalue weighted by atomic mass is 10.1. The molecule has 7 heteroatoms. The molecule has 1 fully saturated rings. The molecule has 0 radical (unpaired) electrons. The van der Waals surface area contributed by atoms with Crippen LogP contribution < -0.4 is 5.32 Å². The van der Waals surface area contributed by atoms with E-state index in [1.807, 2.05) is 0 Å². The smallest absolute Gasteiger partial charge is 0.335 e. The van der Waals surface area contributed by atoms with Gasteiger partial charge in [-0.15, -0.1) is 0 Å². The summed E-state index contributed by atoms with van der Waals surface area (Å²) in [5.74, 6) is -1.12. The van der Waals surface area contributed by atoms with Gasteiger partial charge in [0, 0.05) is 19.6 Å². The van der Waals surface area contributed by atoms with Gasteiger partial charge in [0.25, 0.3) is 0 Å². The summed E-state index contributed by atoms with van der Waals surface area (Å²) in [6, 6.07) is 2.76. The standard InChI is InChI=1S/C14H20N2O4S/c1-10-8-12(14(17)18)9-13(11(10)2)21(19,20)16-6-3-4-15-5-7-16/h8-9,15H,3-7H2,1-2H3,(H,17,18). The molecule has 2 N–H and O–H groups in total. The molecule has 0 aromatic heterocycles. The predicted molar refractivity (Wildman–Crippen MR) is 79.1 cm³/mol. The molecule has 0 aliphatic carbocycles. The lowest BCUT2D eigenvalue weighted by molar-refractivity contribution is 0.0696. The molecule has 1 aliphatic rings. The molecule has 1 aliphatic heterocycles. The maximum Gasteiger partial charge on any atom is 0.335 e. The first kappa shape index (κ1) is 15.9. The highest BCUT2D eigenvalue weighted by Crippen LogP contribution is 2.25. The van der Waals surface area contributed by atoms with E-state index in [-0.39, 0.29) is 10.5 Å². The number of carboxylic acids is 1. The van der Waals surface area contributed by atoms with Crippen LogP contribution in [0.1, 0.15) is 27.9 Å². The summed E-state index contributed by atoms with van der Waals surface area (Å²) in [6.07, 6.45) is 0.746. The van der Waals surface area contributed by atoms with Crippen molar-refractivity contribution in [1.29, 1.82) is 0 Å². The average molecular weight is 312 g/mol. The molecule has 21 heavy (non-hydrogen) atoms. The summed E-state index contributed by atoms with van der Waals surface area (Å²) >= 11 is 0. The molecule has 1 aromatic carbocycles. The van der Waals surface area contributed by atoms with E-state index in [0.29, 0.717) is 30.8 Å². The van der Waals surface area contributed by atoms with Crippen LogP contribution in [0.3, 0.4) is 0 Å². The van der Waals surface area contributed by atoms with Gasteiger partial charge in [-0.05, 0) is 50.1 Å². The Morgan fingerprint density at radius 3 is 2.62 bits per heavy atom. The number of carboxylic acid groups (broad SMARTS) is 1. The van der Waals surface area contributed by atoms with Gasteiger partial charge in [0.2, 0.25) is 10.0 Å². The quantitative estimate of drug-likeness (QED) is 0.869. The Morgan fingerprint density at radius 2 is 1.95 bits per heavy atom. The van der Waals surface area contributed by atoms with E-state index in [4.69, 9.17) is 5.11 Å². The van der Waals surface area contributed by atoms with Gasteiger partial charge in [-0.2, -0.15) is 4.31 Å². The maximum atomic E-state index is 12.8. The van der Waals surface area contributed by atoms with Gasteiger partial charge in [-0.3, -0.25) is 0 Å². The molecule has 0 bridgehead atoms. The molecule has 6 nitrogen and oxygen atoms in total. The lowest BCUT2D eigenvalue weighted by Gasteiger charge is -2.21. The van der Waals surface area contributed by atoms with Crippen LogP contribution in [0.5, 0.6) is 0 Å². The van der Waals surface area contributed by atoms with Crippen molar-refractivity contribution < 1.29 is 18.3 Å². The summed E-state index contributed by atoms with van der Waals surface area (Å²) in [4.78, 5) is 11.3. The Kier molecular flexibility index (Phi) is 4.65. The second-order valence-corrected chi connectivity index (χ2v) is 7.14. The summed E-state index contributed by atoms with van der Waals surface area (Å²) < 4.78 is 27.0. The summed E-state index contributed by atoms with van der Waals surface area (Å²) in [6.45, 7) is 5.69. The molecule has 0 saturated carbocycles. The largest absolute Gasteiger partial charge is 0.478 e. The minimum Gasteiger partial charge on any atom is -0.478 e. The summed E-state index contributed by atoms with van der Waals surface area (Å²) in [5, 5.41) is 12.3. The number of sulfonamides is 1. The van der Waals surface area contributed by atoms with E-state index < -0.39 is 16.0 Å². The normalized spacial score (nSPS) is 17.4. The van der Waals surface area contributed by atoms with Crippen LogP contribution in [0.2, 0.25) is 0 Å². The molecule has 1 heterocycles. The third-order valence-electron chi connectivity index (χ3n) is 3.78. The highest BCUT2D eigenvalue weighted by atomic mass is 32.2. The highest BCUT2D eigenvalue weighted by Gasteiger charge is 2.28. The second-order valence-electron chi connectivity index (χ2n) is 5.23. The average Bonchev–Trinajstić information content (AvgIpc) is 2.70. The fraction of sp³-hybridized carbons (Fsp3) is 0.500. The van der Waals surface area contributed by atoms with Crippen molar-refractivity contribution in [2.75, 3.05) is 26.2 Å². The minimum atomic E-state index is -3.66. The van der Waals surface area contributed by atoms with Crippen LogP contribution in [0.25, 0.3) is 0 Å². The van der Waals surface area contributed by atoms with Crippen molar-refractivity contribution in [3.8, 4) is 0 Å². The van der Waals surface area contributed by atoms with Crippen LogP contribution in [0, 0.1) is 13.8 Å². The first-order valence-corrected chi connectivity index (χ1v) is 8.33. The zero-order chi connectivity index (χ0) is 15.6. The van der Waals surface area contributed by atoms with Gasteiger partial charge < -0.3 is 10.4 Å². The van der Waals surface area contributed by atoms with E-state index in [0.717, 1.165) is 13.0 Å². The second kappa shape index (κ2) is 6.13. The van der Waals surface area contributed by atoms with Gasteiger partial charge in [-0.1, -0.05) is 0 Å². The minimum absolute atomic E-state index is 0.00428. The molecule has 0 unspecified atom stereocenters. The van der Waals surface area contributed by atoms with Crippen molar-refractivity contribution in [2.45, 2.75) is 25.2 Å². The third-order valence-corrected chi connectivity index (χ3v) is 5.81. The number of rotatable bonds is 3. The Morgan fingerprint density at radius 1 is 1.24 bits per heavy atom. The van der Waals surface area contributed by atoms with Crippen LogP contribution in [0.15, 0.2) is 17.0 Å². The van der Waals surface area contributed by atoms with E-state index in [1.165, 1.54) is 16.4 Å². The van der Waals surface area contributed by atoms with Crippen LogP contribution in [-0.2, 0) is 10.0 Å². The van der Waals surface area contributed by atoms with E-state index in [2.05, 4.69) is 5.32 Å². The number of benzene rings is 1. The molecular weight excluding hydrogens is 292 g/mol. The van der Waals surface area contributed by atoms with Gasteiger partial charge >= 0.3 is 5.97 Å². The van der Waals surface area contributed by atoms with Gasteiger partial charge in [0.1, 0.15) is 0 Å². The fourth-order valence-corrected chi connectivity index (χ4v) is 4.22. The van der Waals surface area contributed by atoms with E-state index in [1.54, 1.807) is 13.8 Å². The molecule has 0 atom stereocenters. The molecule has 1 aromatic rings. The monoisotopic (exact) mass is 312 g/mol. The topological polar surface area (TPSA) is 86.7 Å². The SMILES string of the molecule is Cc1cc(C(=O)O)cc(S(=O)(=O)N2CCCNCC2)c1C. The molecule has 1 saturated heterocycles. The molecule has 116 valence electrons. The van der Waals surface area contributed by atoms with Crippen molar-refractivity contribution in [2.24, 2.45) is 0 Å². The number of nitrogens with one attached hydrogen (secondary N) is 1. The highest BCUT2D eigenvalue weighted by molar-refractivity contribution is 7.89. The maximum absolute atomic E-state index is 12.8. The van der Waals surface area contributed by atoms with Crippen LogP contribution in [0.4, 0.5) is 0 Å².